The number of aliphatic hydroxyl groups is 1. The maximum atomic E-state index is 9.33. The van der Waals surface area contributed by atoms with Crippen LogP contribution >= 0.6 is 0 Å². The predicted molar refractivity (Wildman–Crippen MR) is 58.3 cm³/mol. The molecule has 3 nitrogen and oxygen atoms in total. The number of aliphatic hydroxyl groups excluding tert-OH is 1. The van der Waals surface area contributed by atoms with Gasteiger partial charge in [-0.05, 0) is 30.4 Å². The second-order valence-corrected chi connectivity index (χ2v) is 4.26. The van der Waals surface area contributed by atoms with Crippen LogP contribution in [-0.2, 0) is 16.7 Å². The Labute approximate surface area is 89.8 Å². The molecule has 0 aliphatic heterocycles. The number of hydrogen-bond acceptors (Lipinski definition) is 3. The Hall–Kier alpha value is -0.900. The van der Waals surface area contributed by atoms with Gasteiger partial charge >= 0.3 is 0 Å². The number of hydrogen-bond donors (Lipinski definition) is 2. The quantitative estimate of drug-likeness (QED) is 0.712. The van der Waals surface area contributed by atoms with Crippen LogP contribution < -0.4 is 5.90 Å². The fraction of sp³-hybridized carbons (Fsp3) is 0.500. The van der Waals surface area contributed by atoms with E-state index in [1.807, 2.05) is 6.07 Å². The lowest BCUT2D eigenvalue weighted by Crippen LogP contribution is -2.12. The van der Waals surface area contributed by atoms with Gasteiger partial charge in [-0.3, -0.25) is 0 Å². The van der Waals surface area contributed by atoms with Crippen molar-refractivity contribution in [1.29, 1.82) is 0 Å². The minimum Gasteiger partial charge on any atom is -0.395 e. The number of rotatable bonds is 5. The molecule has 0 aromatic heterocycles. The van der Waals surface area contributed by atoms with Crippen molar-refractivity contribution in [1.82, 2.24) is 0 Å². The summed E-state index contributed by atoms with van der Waals surface area (Å²) in [6, 6.07) is 8.35. The summed E-state index contributed by atoms with van der Waals surface area (Å²) >= 11 is 0. The fourth-order valence-electron chi connectivity index (χ4n) is 1.92. The monoisotopic (exact) mass is 207 g/mol. The Balaban J connectivity index is 2.12. The molecule has 0 bridgehead atoms. The summed E-state index contributed by atoms with van der Waals surface area (Å²) in [5.74, 6) is 5.00. The lowest BCUT2D eigenvalue weighted by molar-refractivity contribution is 0.141. The van der Waals surface area contributed by atoms with E-state index >= 15 is 0 Å². The lowest BCUT2D eigenvalue weighted by atomic mass is 9.95. The Morgan fingerprint density at radius 1 is 1.40 bits per heavy atom. The molecule has 1 aromatic carbocycles. The van der Waals surface area contributed by atoms with Crippen molar-refractivity contribution in [2.24, 2.45) is 5.90 Å². The highest BCUT2D eigenvalue weighted by Gasteiger charge is 2.43. The lowest BCUT2D eigenvalue weighted by Gasteiger charge is -2.13. The molecule has 1 fully saturated rings. The highest BCUT2D eigenvalue weighted by Crippen LogP contribution is 2.47. The zero-order valence-electron chi connectivity index (χ0n) is 8.78. The molecule has 2 rings (SSSR count). The summed E-state index contributed by atoms with van der Waals surface area (Å²) < 4.78 is 0. The molecule has 0 atom stereocenters. The zero-order chi connectivity index (χ0) is 10.7. The molecule has 1 aliphatic carbocycles. The van der Waals surface area contributed by atoms with Crippen molar-refractivity contribution in [3.8, 4) is 0 Å². The van der Waals surface area contributed by atoms with Gasteiger partial charge in [-0.15, -0.1) is 0 Å². The van der Waals surface area contributed by atoms with Gasteiger partial charge in [0, 0.05) is 5.41 Å². The Bertz CT molecular complexity index is 334. The van der Waals surface area contributed by atoms with E-state index in [2.05, 4.69) is 23.0 Å². The largest absolute Gasteiger partial charge is 0.395 e. The van der Waals surface area contributed by atoms with Crippen molar-refractivity contribution in [3.05, 3.63) is 35.4 Å². The summed E-state index contributed by atoms with van der Waals surface area (Å²) in [5, 5.41) is 9.33. The van der Waals surface area contributed by atoms with Gasteiger partial charge in [-0.1, -0.05) is 24.3 Å². The van der Waals surface area contributed by atoms with E-state index in [1.165, 1.54) is 11.1 Å². The molecule has 1 saturated carbocycles. The average molecular weight is 207 g/mol. The smallest absolute Gasteiger partial charge is 0.0719 e. The van der Waals surface area contributed by atoms with Crippen molar-refractivity contribution in [2.75, 3.05) is 13.2 Å². The SMILES string of the molecule is NOCCc1cccc(C2(CO)CC2)c1. The van der Waals surface area contributed by atoms with Crippen LogP contribution in [0.1, 0.15) is 24.0 Å². The molecule has 0 heterocycles. The zero-order valence-corrected chi connectivity index (χ0v) is 8.78. The Morgan fingerprint density at radius 3 is 2.80 bits per heavy atom. The summed E-state index contributed by atoms with van der Waals surface area (Å²) in [7, 11) is 0. The highest BCUT2D eigenvalue weighted by atomic mass is 16.6. The van der Waals surface area contributed by atoms with Gasteiger partial charge in [0.05, 0.1) is 13.2 Å². The van der Waals surface area contributed by atoms with E-state index in [0.29, 0.717) is 6.61 Å². The van der Waals surface area contributed by atoms with Crippen LogP contribution in [0, 0.1) is 0 Å². The topological polar surface area (TPSA) is 55.5 Å². The summed E-state index contributed by atoms with van der Waals surface area (Å²) in [6.07, 6.45) is 3.02. The first-order valence-corrected chi connectivity index (χ1v) is 5.33. The van der Waals surface area contributed by atoms with E-state index in [0.717, 1.165) is 19.3 Å². The number of benzene rings is 1. The maximum Gasteiger partial charge on any atom is 0.0719 e. The maximum absolute atomic E-state index is 9.33. The van der Waals surface area contributed by atoms with Gasteiger partial charge in [-0.2, -0.15) is 0 Å². The Kier molecular flexibility index (Phi) is 3.05. The molecule has 0 spiro atoms. The molecular weight excluding hydrogens is 190 g/mol. The van der Waals surface area contributed by atoms with Crippen molar-refractivity contribution < 1.29 is 9.94 Å². The van der Waals surface area contributed by atoms with Crippen LogP contribution in [0.3, 0.4) is 0 Å². The van der Waals surface area contributed by atoms with Crippen molar-refractivity contribution >= 4 is 0 Å². The highest BCUT2D eigenvalue weighted by molar-refractivity contribution is 5.34. The van der Waals surface area contributed by atoms with Gasteiger partial charge in [0.15, 0.2) is 0 Å². The molecule has 0 radical (unpaired) electrons. The second kappa shape index (κ2) is 4.31. The predicted octanol–water partition coefficient (Wildman–Crippen LogP) is 1.14. The van der Waals surface area contributed by atoms with Gasteiger partial charge in [0.25, 0.3) is 0 Å². The minimum absolute atomic E-state index is 0.0551. The number of nitrogens with two attached hydrogens (primary N) is 1. The molecule has 1 aromatic rings. The standard InChI is InChI=1S/C12H17NO2/c13-15-7-4-10-2-1-3-11(8-10)12(9-14)5-6-12/h1-3,8,14H,4-7,9,13H2. The summed E-state index contributed by atoms with van der Waals surface area (Å²) in [4.78, 5) is 4.56. The first-order valence-electron chi connectivity index (χ1n) is 5.33. The van der Waals surface area contributed by atoms with E-state index in [4.69, 9.17) is 5.90 Å². The Morgan fingerprint density at radius 2 is 2.20 bits per heavy atom. The van der Waals surface area contributed by atoms with Gasteiger partial charge in [0.2, 0.25) is 0 Å². The summed E-state index contributed by atoms with van der Waals surface area (Å²) in [5.41, 5.74) is 2.52. The van der Waals surface area contributed by atoms with Crippen LogP contribution in [0.25, 0.3) is 0 Å². The molecule has 15 heavy (non-hydrogen) atoms. The third-order valence-electron chi connectivity index (χ3n) is 3.20. The second-order valence-electron chi connectivity index (χ2n) is 4.26. The van der Waals surface area contributed by atoms with Crippen molar-refractivity contribution in [2.45, 2.75) is 24.7 Å². The van der Waals surface area contributed by atoms with Crippen LogP contribution in [0.15, 0.2) is 24.3 Å². The molecule has 82 valence electrons. The third-order valence-corrected chi connectivity index (χ3v) is 3.20. The first kappa shape index (κ1) is 10.6. The van der Waals surface area contributed by atoms with E-state index in [-0.39, 0.29) is 12.0 Å². The van der Waals surface area contributed by atoms with Crippen LogP contribution in [-0.4, -0.2) is 18.3 Å². The molecule has 3 N–H and O–H groups in total. The first-order chi connectivity index (χ1) is 7.30. The van der Waals surface area contributed by atoms with Crippen LogP contribution in [0.4, 0.5) is 0 Å². The molecule has 1 aliphatic rings. The average Bonchev–Trinajstić information content (AvgIpc) is 3.08. The van der Waals surface area contributed by atoms with Gasteiger partial charge < -0.3 is 9.94 Å². The normalized spacial score (nSPS) is 17.7. The molecule has 0 amide bonds. The minimum atomic E-state index is 0.0551. The molecular formula is C12H17NO2. The van der Waals surface area contributed by atoms with Crippen LogP contribution in [0.2, 0.25) is 0 Å². The van der Waals surface area contributed by atoms with Gasteiger partial charge in [0.1, 0.15) is 0 Å². The fourth-order valence-corrected chi connectivity index (χ4v) is 1.92. The van der Waals surface area contributed by atoms with Crippen molar-refractivity contribution in [3.63, 3.8) is 0 Å². The molecule has 0 unspecified atom stereocenters. The molecule has 3 heteroatoms. The third kappa shape index (κ3) is 2.20. The van der Waals surface area contributed by atoms with Gasteiger partial charge in [-0.25, -0.2) is 5.90 Å². The van der Waals surface area contributed by atoms with Crippen LogP contribution in [0.5, 0.6) is 0 Å². The molecule has 0 saturated heterocycles. The van der Waals surface area contributed by atoms with E-state index < -0.39 is 0 Å². The van der Waals surface area contributed by atoms with E-state index in [9.17, 15) is 5.11 Å². The summed E-state index contributed by atoms with van der Waals surface area (Å²) in [6.45, 7) is 0.791. The van der Waals surface area contributed by atoms with E-state index in [1.54, 1.807) is 0 Å².